The number of hydrogen-bond acceptors (Lipinski definition) is 6. The number of rotatable bonds is 4. The third-order valence-electron chi connectivity index (χ3n) is 4.76. The molecule has 1 aliphatic heterocycles. The fraction of sp³-hybridized carbons (Fsp3) is 0.182. The number of fused-ring (bicyclic) bond motifs is 1. The summed E-state index contributed by atoms with van der Waals surface area (Å²) >= 11 is 6.74. The van der Waals surface area contributed by atoms with E-state index in [1.807, 2.05) is 0 Å². The first-order valence-corrected chi connectivity index (χ1v) is 10.9. The molecule has 11 heteroatoms. The number of alkyl halides is 3. The van der Waals surface area contributed by atoms with Crippen molar-refractivity contribution in [2.45, 2.75) is 19.1 Å². The Morgan fingerprint density at radius 2 is 2.00 bits per heavy atom. The van der Waals surface area contributed by atoms with E-state index in [1.165, 1.54) is 43.5 Å². The highest BCUT2D eigenvalue weighted by Gasteiger charge is 2.45. The van der Waals surface area contributed by atoms with Crippen molar-refractivity contribution in [1.82, 2.24) is 9.55 Å². The van der Waals surface area contributed by atoms with Crippen LogP contribution in [-0.4, -0.2) is 28.3 Å². The molecule has 1 aromatic carbocycles. The van der Waals surface area contributed by atoms with E-state index in [0.29, 0.717) is 10.6 Å². The Bertz CT molecular complexity index is 1410. The number of thiazole rings is 1. The number of ether oxygens (including phenoxy) is 1. The summed E-state index contributed by atoms with van der Waals surface area (Å²) in [6.45, 7) is 1.33. The lowest BCUT2D eigenvalue weighted by Crippen LogP contribution is -2.41. The number of halogens is 4. The first-order valence-electron chi connectivity index (χ1n) is 9.66. The zero-order chi connectivity index (χ0) is 23.8. The molecular weight excluding hydrogens is 479 g/mol. The molecule has 1 atom stereocenters. The molecule has 0 aliphatic carbocycles. The van der Waals surface area contributed by atoms with Crippen LogP contribution in [-0.2, 0) is 9.53 Å². The highest BCUT2D eigenvalue weighted by Crippen LogP contribution is 2.38. The predicted octanol–water partition coefficient (Wildman–Crippen LogP) is 3.39. The van der Waals surface area contributed by atoms with Crippen molar-refractivity contribution in [2.75, 3.05) is 6.61 Å². The van der Waals surface area contributed by atoms with E-state index in [4.69, 9.17) is 16.3 Å². The fourth-order valence-corrected chi connectivity index (χ4v) is 4.54. The summed E-state index contributed by atoms with van der Waals surface area (Å²) in [6.07, 6.45) is -0.372. The lowest BCUT2D eigenvalue weighted by atomic mass is 9.95. The summed E-state index contributed by atoms with van der Waals surface area (Å²) in [7, 11) is 0. The molecule has 0 spiro atoms. The van der Waals surface area contributed by atoms with Gasteiger partial charge in [-0.25, -0.2) is 9.79 Å². The lowest BCUT2D eigenvalue weighted by Gasteiger charge is -2.26. The van der Waals surface area contributed by atoms with Crippen LogP contribution < -0.4 is 14.9 Å². The highest BCUT2D eigenvalue weighted by atomic mass is 35.5. The van der Waals surface area contributed by atoms with Crippen molar-refractivity contribution in [2.24, 2.45) is 4.99 Å². The minimum Gasteiger partial charge on any atom is -0.463 e. The van der Waals surface area contributed by atoms with E-state index in [2.05, 4.69) is 9.98 Å². The van der Waals surface area contributed by atoms with E-state index >= 15 is 0 Å². The van der Waals surface area contributed by atoms with Gasteiger partial charge in [-0.15, -0.1) is 0 Å². The number of carbonyl (C=O) groups excluding carboxylic acids is 1. The zero-order valence-corrected chi connectivity index (χ0v) is 18.5. The van der Waals surface area contributed by atoms with Crippen LogP contribution >= 0.6 is 22.9 Å². The van der Waals surface area contributed by atoms with Gasteiger partial charge in [-0.1, -0.05) is 41.1 Å². The maximum atomic E-state index is 14.0. The Morgan fingerprint density at radius 1 is 1.27 bits per heavy atom. The Kier molecular flexibility index (Phi) is 6.22. The number of carbonyl (C=O) groups is 1. The third kappa shape index (κ3) is 4.49. The number of hydrogen-bond donors (Lipinski definition) is 0. The van der Waals surface area contributed by atoms with Crippen LogP contribution in [0, 0.1) is 0 Å². The van der Waals surface area contributed by atoms with Crippen molar-refractivity contribution in [3.05, 3.63) is 95.9 Å². The molecule has 0 amide bonds. The molecule has 0 bridgehead atoms. The molecule has 0 saturated carbocycles. The van der Waals surface area contributed by atoms with Crippen molar-refractivity contribution >= 4 is 35.0 Å². The number of aromatic nitrogens is 2. The molecule has 4 rings (SSSR count). The molecule has 1 aliphatic rings. The Hall–Kier alpha value is -3.24. The normalized spacial score (nSPS) is 16.4. The molecule has 0 unspecified atom stereocenters. The standard InChI is InChI=1S/C22H15ClF3N3O3S/c1-2-32-20(31)16-17(13-5-7-14(23)8-6-13)29-19(30)15(10-12-4-3-9-27-11-12)33-21(29)28-18(16)22(24,25)26/h3-11,17H,2H2,1H3/b15-10-/t17-/m0/s1. The smallest absolute Gasteiger partial charge is 0.434 e. The van der Waals surface area contributed by atoms with E-state index in [1.54, 1.807) is 18.3 Å². The van der Waals surface area contributed by atoms with Crippen molar-refractivity contribution in [3.63, 3.8) is 0 Å². The van der Waals surface area contributed by atoms with E-state index in [-0.39, 0.29) is 21.5 Å². The van der Waals surface area contributed by atoms with Crippen LogP contribution in [0.4, 0.5) is 13.2 Å². The number of nitrogens with zero attached hydrogens (tertiary/aromatic N) is 3. The van der Waals surface area contributed by atoms with Crippen molar-refractivity contribution in [3.8, 4) is 0 Å². The van der Waals surface area contributed by atoms with Gasteiger partial charge >= 0.3 is 12.1 Å². The molecule has 3 aromatic rings. The van der Waals surface area contributed by atoms with Crippen LogP contribution in [0.3, 0.4) is 0 Å². The minimum absolute atomic E-state index is 0.146. The van der Waals surface area contributed by atoms with Gasteiger partial charge in [-0.05, 0) is 42.3 Å². The second-order valence-electron chi connectivity index (χ2n) is 6.90. The minimum atomic E-state index is -4.95. The maximum absolute atomic E-state index is 14.0. The first-order chi connectivity index (χ1) is 15.7. The molecule has 0 saturated heterocycles. The molecular formula is C22H15ClF3N3O3S. The van der Waals surface area contributed by atoms with Gasteiger partial charge in [0.25, 0.3) is 5.56 Å². The topological polar surface area (TPSA) is 73.6 Å². The molecule has 3 heterocycles. The van der Waals surface area contributed by atoms with E-state index in [0.717, 1.165) is 15.9 Å². The molecule has 170 valence electrons. The van der Waals surface area contributed by atoms with Crippen LogP contribution in [0.25, 0.3) is 6.08 Å². The second-order valence-corrected chi connectivity index (χ2v) is 8.35. The predicted molar refractivity (Wildman–Crippen MR) is 116 cm³/mol. The zero-order valence-electron chi connectivity index (χ0n) is 17.0. The lowest BCUT2D eigenvalue weighted by molar-refractivity contribution is -0.140. The van der Waals surface area contributed by atoms with Gasteiger partial charge in [0, 0.05) is 17.4 Å². The molecule has 33 heavy (non-hydrogen) atoms. The number of pyridine rings is 1. The first kappa shape index (κ1) is 22.9. The Labute approximate surface area is 194 Å². The maximum Gasteiger partial charge on any atom is 0.434 e. The largest absolute Gasteiger partial charge is 0.463 e. The van der Waals surface area contributed by atoms with Gasteiger partial charge in [0.1, 0.15) is 0 Å². The monoisotopic (exact) mass is 493 g/mol. The average Bonchev–Trinajstić information content (AvgIpc) is 3.08. The second kappa shape index (κ2) is 8.95. The fourth-order valence-electron chi connectivity index (χ4n) is 3.41. The van der Waals surface area contributed by atoms with Gasteiger partial charge in [0.2, 0.25) is 0 Å². The highest BCUT2D eigenvalue weighted by molar-refractivity contribution is 7.07. The third-order valence-corrected chi connectivity index (χ3v) is 6.00. The van der Waals surface area contributed by atoms with Crippen LogP contribution in [0.2, 0.25) is 5.02 Å². The summed E-state index contributed by atoms with van der Waals surface area (Å²) in [5.41, 5.74) is -1.90. The SMILES string of the molecule is CCOC(=O)C1=C(C(F)(F)F)N=c2s/c(=C\c3cccnc3)c(=O)n2[C@H]1c1ccc(Cl)cc1. The molecule has 2 aromatic heterocycles. The van der Waals surface area contributed by atoms with Gasteiger partial charge < -0.3 is 4.74 Å². The van der Waals surface area contributed by atoms with Crippen molar-refractivity contribution < 1.29 is 22.7 Å². The van der Waals surface area contributed by atoms with E-state index in [9.17, 15) is 22.8 Å². The summed E-state index contributed by atoms with van der Waals surface area (Å²) in [4.78, 5) is 33.5. The molecule has 0 N–H and O–H groups in total. The number of esters is 1. The number of allylic oxidation sites excluding steroid dienone is 1. The summed E-state index contributed by atoms with van der Waals surface area (Å²) in [5, 5.41) is 0.348. The van der Waals surface area contributed by atoms with Crippen LogP contribution in [0.1, 0.15) is 24.1 Å². The summed E-state index contributed by atoms with van der Waals surface area (Å²) in [6, 6.07) is 7.84. The van der Waals surface area contributed by atoms with Gasteiger partial charge in [0.05, 0.1) is 22.8 Å². The average molecular weight is 494 g/mol. The molecule has 6 nitrogen and oxygen atoms in total. The Morgan fingerprint density at radius 3 is 2.61 bits per heavy atom. The van der Waals surface area contributed by atoms with Gasteiger partial charge in [-0.2, -0.15) is 13.2 Å². The van der Waals surface area contributed by atoms with Crippen LogP contribution in [0.15, 0.2) is 69.8 Å². The van der Waals surface area contributed by atoms with Gasteiger partial charge in [-0.3, -0.25) is 14.3 Å². The Balaban J connectivity index is 2.06. The molecule has 0 fully saturated rings. The summed E-state index contributed by atoms with van der Waals surface area (Å²) < 4.78 is 48.2. The van der Waals surface area contributed by atoms with Gasteiger partial charge in [0.15, 0.2) is 10.5 Å². The van der Waals surface area contributed by atoms with Crippen LogP contribution in [0.5, 0.6) is 0 Å². The number of benzene rings is 1. The summed E-state index contributed by atoms with van der Waals surface area (Å²) in [5.74, 6) is -1.20. The quantitative estimate of drug-likeness (QED) is 0.522. The van der Waals surface area contributed by atoms with E-state index < -0.39 is 35.0 Å². The van der Waals surface area contributed by atoms with Crippen molar-refractivity contribution in [1.29, 1.82) is 0 Å². The molecule has 0 radical (unpaired) electrons.